The number of hydrogen-bond acceptors (Lipinski definition) is 3. The summed E-state index contributed by atoms with van der Waals surface area (Å²) in [6.45, 7) is 9.11. The number of carbonyl (C=O) groups is 1. The van der Waals surface area contributed by atoms with Crippen LogP contribution in [0.25, 0.3) is 0 Å². The van der Waals surface area contributed by atoms with Gasteiger partial charge in [0, 0.05) is 19.1 Å². The highest BCUT2D eigenvalue weighted by molar-refractivity contribution is 5.78. The summed E-state index contributed by atoms with van der Waals surface area (Å²) in [5, 5.41) is 6.52. The van der Waals surface area contributed by atoms with E-state index in [0.717, 1.165) is 32.1 Å². The van der Waals surface area contributed by atoms with Gasteiger partial charge < -0.3 is 10.6 Å². The van der Waals surface area contributed by atoms with Gasteiger partial charge in [-0.1, -0.05) is 0 Å². The Morgan fingerprint density at radius 2 is 2.11 bits per heavy atom. The highest BCUT2D eigenvalue weighted by atomic mass is 16.2. The van der Waals surface area contributed by atoms with Gasteiger partial charge in [-0.25, -0.2) is 0 Å². The van der Waals surface area contributed by atoms with Gasteiger partial charge >= 0.3 is 0 Å². The van der Waals surface area contributed by atoms with Gasteiger partial charge in [-0.05, 0) is 64.5 Å². The van der Waals surface area contributed by atoms with Crippen LogP contribution in [-0.2, 0) is 4.79 Å². The first-order chi connectivity index (χ1) is 9.15. The largest absolute Gasteiger partial charge is 0.355 e. The molecule has 1 aliphatic carbocycles. The molecule has 0 radical (unpaired) electrons. The second-order valence-electron chi connectivity index (χ2n) is 6.48. The Hall–Kier alpha value is -0.610. The maximum Gasteiger partial charge on any atom is 0.234 e. The van der Waals surface area contributed by atoms with Crippen LogP contribution in [0, 0.1) is 11.8 Å². The lowest BCUT2D eigenvalue weighted by atomic mass is 9.98. The first-order valence-electron chi connectivity index (χ1n) is 7.86. The predicted molar refractivity (Wildman–Crippen MR) is 78.0 cm³/mol. The Kier molecular flexibility index (Phi) is 5.64. The number of nitrogens with one attached hydrogen (secondary N) is 2. The molecule has 1 unspecified atom stereocenters. The molecule has 2 aliphatic rings. The van der Waals surface area contributed by atoms with Crippen molar-refractivity contribution in [3.63, 3.8) is 0 Å². The molecule has 1 amide bonds. The number of carbonyl (C=O) groups excluding carboxylic acids is 1. The van der Waals surface area contributed by atoms with Gasteiger partial charge in [-0.15, -0.1) is 0 Å². The zero-order chi connectivity index (χ0) is 13.7. The average Bonchev–Trinajstić information content (AvgIpc) is 3.21. The minimum Gasteiger partial charge on any atom is -0.355 e. The molecule has 2 N–H and O–H groups in total. The molecule has 1 saturated carbocycles. The van der Waals surface area contributed by atoms with E-state index in [9.17, 15) is 4.79 Å². The fraction of sp³-hybridized carbons (Fsp3) is 0.933. The Balaban J connectivity index is 1.72. The van der Waals surface area contributed by atoms with E-state index < -0.39 is 0 Å². The van der Waals surface area contributed by atoms with Crippen LogP contribution in [0.4, 0.5) is 0 Å². The van der Waals surface area contributed by atoms with Crippen LogP contribution in [0.15, 0.2) is 0 Å². The molecule has 4 heteroatoms. The normalized spacial score (nSPS) is 23.9. The van der Waals surface area contributed by atoms with Crippen LogP contribution in [0.2, 0.25) is 0 Å². The molecule has 19 heavy (non-hydrogen) atoms. The van der Waals surface area contributed by atoms with Crippen molar-refractivity contribution in [1.29, 1.82) is 0 Å². The van der Waals surface area contributed by atoms with E-state index in [0.29, 0.717) is 18.5 Å². The maximum atomic E-state index is 12.0. The summed E-state index contributed by atoms with van der Waals surface area (Å²) in [5.41, 5.74) is 0. The first-order valence-corrected chi connectivity index (χ1v) is 7.86. The molecule has 2 fully saturated rings. The molecule has 4 nitrogen and oxygen atoms in total. The molecule has 110 valence electrons. The van der Waals surface area contributed by atoms with Crippen LogP contribution in [0.1, 0.15) is 39.5 Å². The van der Waals surface area contributed by atoms with Crippen molar-refractivity contribution in [1.82, 2.24) is 15.5 Å². The highest BCUT2D eigenvalue weighted by Crippen LogP contribution is 2.27. The third-order valence-electron chi connectivity index (χ3n) is 4.25. The van der Waals surface area contributed by atoms with E-state index in [2.05, 4.69) is 29.4 Å². The second-order valence-corrected chi connectivity index (χ2v) is 6.48. The van der Waals surface area contributed by atoms with E-state index in [-0.39, 0.29) is 5.91 Å². The molecule has 0 spiro atoms. The summed E-state index contributed by atoms with van der Waals surface area (Å²) in [7, 11) is 0. The summed E-state index contributed by atoms with van der Waals surface area (Å²) >= 11 is 0. The van der Waals surface area contributed by atoms with Crippen LogP contribution in [0.3, 0.4) is 0 Å². The monoisotopic (exact) mass is 267 g/mol. The van der Waals surface area contributed by atoms with E-state index in [1.165, 1.54) is 25.7 Å². The molecule has 0 aromatic rings. The van der Waals surface area contributed by atoms with Crippen LogP contribution < -0.4 is 10.6 Å². The quantitative estimate of drug-likeness (QED) is 0.729. The maximum absolute atomic E-state index is 12.0. The van der Waals surface area contributed by atoms with E-state index >= 15 is 0 Å². The molecule has 0 bridgehead atoms. The molecular formula is C15H29N3O. The SMILES string of the molecule is CC(C)N(CC(=O)NCC1CC1)CC1CCCNC1. The molecule has 1 atom stereocenters. The second kappa shape index (κ2) is 7.25. The summed E-state index contributed by atoms with van der Waals surface area (Å²) in [5.74, 6) is 1.66. The molecule has 1 heterocycles. The number of hydrogen-bond donors (Lipinski definition) is 2. The molecule has 1 saturated heterocycles. The van der Waals surface area contributed by atoms with Crippen LogP contribution in [-0.4, -0.2) is 49.6 Å². The van der Waals surface area contributed by atoms with E-state index in [4.69, 9.17) is 0 Å². The zero-order valence-corrected chi connectivity index (χ0v) is 12.5. The van der Waals surface area contributed by atoms with Gasteiger partial charge in [0.1, 0.15) is 0 Å². The van der Waals surface area contributed by atoms with E-state index in [1.54, 1.807) is 0 Å². The Morgan fingerprint density at radius 1 is 1.32 bits per heavy atom. The number of amides is 1. The van der Waals surface area contributed by atoms with Crippen molar-refractivity contribution in [2.45, 2.75) is 45.6 Å². The Bertz CT molecular complexity index is 283. The predicted octanol–water partition coefficient (Wildman–Crippen LogP) is 1.22. The molecule has 2 rings (SSSR count). The molecule has 0 aromatic heterocycles. The third-order valence-corrected chi connectivity index (χ3v) is 4.25. The van der Waals surface area contributed by atoms with Crippen LogP contribution >= 0.6 is 0 Å². The summed E-state index contributed by atoms with van der Waals surface area (Å²) in [6.07, 6.45) is 5.15. The molecular weight excluding hydrogens is 238 g/mol. The van der Waals surface area contributed by atoms with Crippen molar-refractivity contribution in [2.24, 2.45) is 11.8 Å². The van der Waals surface area contributed by atoms with E-state index in [1.807, 2.05) is 0 Å². The van der Waals surface area contributed by atoms with Crippen LogP contribution in [0.5, 0.6) is 0 Å². The number of piperidine rings is 1. The van der Waals surface area contributed by atoms with Crippen molar-refractivity contribution < 1.29 is 4.79 Å². The summed E-state index contributed by atoms with van der Waals surface area (Å²) < 4.78 is 0. The van der Waals surface area contributed by atoms with Gasteiger partial charge in [0.15, 0.2) is 0 Å². The summed E-state index contributed by atoms with van der Waals surface area (Å²) in [4.78, 5) is 14.3. The third kappa shape index (κ3) is 5.49. The lowest BCUT2D eigenvalue weighted by Crippen LogP contribution is -2.46. The fourth-order valence-corrected chi connectivity index (χ4v) is 2.69. The number of nitrogens with zero attached hydrogens (tertiary/aromatic N) is 1. The van der Waals surface area contributed by atoms with Crippen molar-refractivity contribution in [2.75, 3.05) is 32.7 Å². The first kappa shape index (κ1) is 14.8. The smallest absolute Gasteiger partial charge is 0.234 e. The topological polar surface area (TPSA) is 44.4 Å². The Morgan fingerprint density at radius 3 is 2.68 bits per heavy atom. The van der Waals surface area contributed by atoms with Gasteiger partial charge in [0.2, 0.25) is 5.91 Å². The average molecular weight is 267 g/mol. The van der Waals surface area contributed by atoms with Gasteiger partial charge in [-0.3, -0.25) is 9.69 Å². The van der Waals surface area contributed by atoms with Crippen molar-refractivity contribution in [3.8, 4) is 0 Å². The zero-order valence-electron chi connectivity index (χ0n) is 12.5. The fourth-order valence-electron chi connectivity index (χ4n) is 2.69. The van der Waals surface area contributed by atoms with Gasteiger partial charge in [-0.2, -0.15) is 0 Å². The standard InChI is InChI=1S/C15H29N3O/c1-12(2)18(10-14-4-3-7-16-8-14)11-15(19)17-9-13-5-6-13/h12-14,16H,3-11H2,1-2H3,(H,17,19). The molecule has 1 aliphatic heterocycles. The lowest BCUT2D eigenvalue weighted by Gasteiger charge is -2.32. The van der Waals surface area contributed by atoms with Crippen molar-refractivity contribution in [3.05, 3.63) is 0 Å². The Labute approximate surface area is 117 Å². The van der Waals surface area contributed by atoms with Gasteiger partial charge in [0.25, 0.3) is 0 Å². The minimum absolute atomic E-state index is 0.198. The lowest BCUT2D eigenvalue weighted by molar-refractivity contribution is -0.122. The van der Waals surface area contributed by atoms with Crippen molar-refractivity contribution >= 4 is 5.91 Å². The highest BCUT2D eigenvalue weighted by Gasteiger charge is 2.23. The minimum atomic E-state index is 0.198. The number of rotatable bonds is 7. The van der Waals surface area contributed by atoms with Gasteiger partial charge in [0.05, 0.1) is 6.54 Å². The summed E-state index contributed by atoms with van der Waals surface area (Å²) in [6, 6.07) is 0.439. The molecule has 0 aromatic carbocycles.